The lowest BCUT2D eigenvalue weighted by atomic mass is 10.1. The lowest BCUT2D eigenvalue weighted by Crippen LogP contribution is -2.50. The molecule has 0 aromatic heterocycles. The Morgan fingerprint density at radius 1 is 1.16 bits per heavy atom. The summed E-state index contributed by atoms with van der Waals surface area (Å²) in [6.07, 6.45) is 0.205. The zero-order valence-electron chi connectivity index (χ0n) is 17.6. The first-order valence-electron chi connectivity index (χ1n) is 9.98. The number of hydrogen-bond acceptors (Lipinski definition) is 7. The fourth-order valence-electron chi connectivity index (χ4n) is 3.59. The van der Waals surface area contributed by atoms with E-state index in [2.05, 4.69) is 5.32 Å². The van der Waals surface area contributed by atoms with Crippen molar-refractivity contribution in [2.24, 2.45) is 0 Å². The Morgan fingerprint density at radius 3 is 2.50 bits per heavy atom. The largest absolute Gasteiger partial charge is 0.491 e. The maximum Gasteiger partial charge on any atom is 0.325 e. The summed E-state index contributed by atoms with van der Waals surface area (Å²) in [7, 11) is 0. The Labute approximate surface area is 184 Å². The lowest BCUT2D eigenvalue weighted by molar-refractivity contribution is -0.155. The van der Waals surface area contributed by atoms with Crippen LogP contribution >= 0.6 is 0 Å². The minimum Gasteiger partial charge on any atom is -0.491 e. The second kappa shape index (κ2) is 8.39. The molecule has 1 fully saturated rings. The maximum atomic E-state index is 12.6. The molecule has 0 bridgehead atoms. The number of urea groups is 1. The summed E-state index contributed by atoms with van der Waals surface area (Å²) in [6, 6.07) is 11.4. The molecule has 2 aromatic carbocycles. The van der Waals surface area contributed by atoms with E-state index in [0.717, 1.165) is 16.0 Å². The van der Waals surface area contributed by atoms with Crippen LogP contribution in [0.25, 0.3) is 11.1 Å². The van der Waals surface area contributed by atoms with Crippen molar-refractivity contribution in [1.29, 1.82) is 0 Å². The Hall–Kier alpha value is -3.79. The van der Waals surface area contributed by atoms with E-state index in [-0.39, 0.29) is 26.4 Å². The molecule has 2 N–H and O–H groups in total. The van der Waals surface area contributed by atoms with Crippen LogP contribution in [0.4, 0.5) is 4.79 Å². The normalized spacial score (nSPS) is 17.2. The molecule has 4 amide bonds. The number of ether oxygens (including phenoxy) is 3. The standard InChI is InChI=1S/C22H23N3O7/c1-22(2)20(27)25(21(28)23-22)16(10-24(29)12-26)11-30-17-6-3-14(4-7-17)15-5-8-18-19(9-15)32-13-31-18/h3-9,12,16,29H,10-11,13H2,1-2H3,(H,23,28). The average Bonchev–Trinajstić information content (AvgIpc) is 3.32. The molecular formula is C22H23N3O7. The first-order chi connectivity index (χ1) is 15.3. The van der Waals surface area contributed by atoms with Crippen LogP contribution < -0.4 is 19.5 Å². The first kappa shape index (κ1) is 21.4. The first-order valence-corrected chi connectivity index (χ1v) is 9.98. The van der Waals surface area contributed by atoms with Gasteiger partial charge < -0.3 is 19.5 Å². The Kier molecular flexibility index (Phi) is 5.62. The van der Waals surface area contributed by atoms with E-state index in [4.69, 9.17) is 14.2 Å². The molecule has 1 atom stereocenters. The van der Waals surface area contributed by atoms with Gasteiger partial charge in [-0.1, -0.05) is 18.2 Å². The van der Waals surface area contributed by atoms with Gasteiger partial charge in [0.15, 0.2) is 11.5 Å². The predicted octanol–water partition coefficient (Wildman–Crippen LogP) is 2.01. The number of fused-ring (bicyclic) bond motifs is 1. The summed E-state index contributed by atoms with van der Waals surface area (Å²) in [5.74, 6) is 1.43. The van der Waals surface area contributed by atoms with E-state index in [0.29, 0.717) is 22.3 Å². The van der Waals surface area contributed by atoms with Gasteiger partial charge in [-0.25, -0.2) is 9.86 Å². The number of nitrogens with one attached hydrogen (secondary N) is 1. The molecular weight excluding hydrogens is 418 g/mol. The van der Waals surface area contributed by atoms with Crippen molar-refractivity contribution in [2.45, 2.75) is 25.4 Å². The monoisotopic (exact) mass is 441 g/mol. The third-order valence-electron chi connectivity index (χ3n) is 5.28. The Bertz CT molecular complexity index is 1040. The van der Waals surface area contributed by atoms with E-state index in [1.165, 1.54) is 0 Å². The zero-order chi connectivity index (χ0) is 22.9. The molecule has 2 aliphatic rings. The van der Waals surface area contributed by atoms with Crippen LogP contribution in [-0.4, -0.2) is 65.0 Å². The van der Waals surface area contributed by atoms with Gasteiger partial charge in [0.25, 0.3) is 5.91 Å². The van der Waals surface area contributed by atoms with Gasteiger partial charge in [0.1, 0.15) is 17.9 Å². The molecule has 10 heteroatoms. The van der Waals surface area contributed by atoms with Gasteiger partial charge in [-0.15, -0.1) is 0 Å². The van der Waals surface area contributed by atoms with Crippen molar-refractivity contribution in [3.05, 3.63) is 42.5 Å². The lowest BCUT2D eigenvalue weighted by Gasteiger charge is -2.27. The number of amides is 4. The summed E-state index contributed by atoms with van der Waals surface area (Å²) in [6.45, 7) is 2.97. The molecule has 2 heterocycles. The smallest absolute Gasteiger partial charge is 0.325 e. The molecule has 0 radical (unpaired) electrons. The molecule has 4 rings (SSSR count). The number of nitrogens with zero attached hydrogens (tertiary/aromatic N) is 2. The number of hydroxylamine groups is 2. The van der Waals surface area contributed by atoms with Crippen molar-refractivity contribution in [3.8, 4) is 28.4 Å². The van der Waals surface area contributed by atoms with Gasteiger partial charge in [0.2, 0.25) is 13.2 Å². The molecule has 10 nitrogen and oxygen atoms in total. The van der Waals surface area contributed by atoms with Crippen molar-refractivity contribution in [3.63, 3.8) is 0 Å². The summed E-state index contributed by atoms with van der Waals surface area (Å²) < 4.78 is 16.5. The van der Waals surface area contributed by atoms with Crippen LogP contribution in [0.1, 0.15) is 13.8 Å². The predicted molar refractivity (Wildman–Crippen MR) is 111 cm³/mol. The number of imide groups is 1. The van der Waals surface area contributed by atoms with E-state index in [1.807, 2.05) is 30.3 Å². The molecule has 1 unspecified atom stereocenters. The number of benzene rings is 2. The van der Waals surface area contributed by atoms with Crippen LogP contribution in [-0.2, 0) is 9.59 Å². The van der Waals surface area contributed by atoms with Crippen molar-refractivity contribution < 1.29 is 33.8 Å². The van der Waals surface area contributed by atoms with Crippen molar-refractivity contribution >= 4 is 18.3 Å². The maximum absolute atomic E-state index is 12.6. The van der Waals surface area contributed by atoms with Crippen LogP contribution in [0.3, 0.4) is 0 Å². The van der Waals surface area contributed by atoms with E-state index in [1.54, 1.807) is 26.0 Å². The van der Waals surface area contributed by atoms with Crippen LogP contribution in [0, 0.1) is 0 Å². The number of carbonyl (C=O) groups excluding carboxylic acids is 3. The van der Waals surface area contributed by atoms with E-state index in [9.17, 15) is 19.6 Å². The van der Waals surface area contributed by atoms with Gasteiger partial charge in [0, 0.05) is 0 Å². The molecule has 2 aliphatic heterocycles. The van der Waals surface area contributed by atoms with E-state index < -0.39 is 23.5 Å². The van der Waals surface area contributed by atoms with Gasteiger partial charge in [-0.3, -0.25) is 19.7 Å². The summed E-state index contributed by atoms with van der Waals surface area (Å²) in [5, 5.41) is 12.6. The Balaban J connectivity index is 1.46. The van der Waals surface area contributed by atoms with E-state index >= 15 is 0 Å². The molecule has 0 saturated carbocycles. The molecule has 0 aliphatic carbocycles. The summed E-state index contributed by atoms with van der Waals surface area (Å²) in [4.78, 5) is 36.8. The molecule has 32 heavy (non-hydrogen) atoms. The zero-order valence-corrected chi connectivity index (χ0v) is 17.6. The molecule has 2 aromatic rings. The second-order valence-electron chi connectivity index (χ2n) is 8.02. The second-order valence-corrected chi connectivity index (χ2v) is 8.02. The highest BCUT2D eigenvalue weighted by Crippen LogP contribution is 2.36. The molecule has 1 saturated heterocycles. The number of rotatable bonds is 8. The topological polar surface area (TPSA) is 118 Å². The summed E-state index contributed by atoms with van der Waals surface area (Å²) in [5.41, 5.74) is 0.802. The Morgan fingerprint density at radius 2 is 1.84 bits per heavy atom. The van der Waals surface area contributed by atoms with Gasteiger partial charge >= 0.3 is 6.03 Å². The number of carbonyl (C=O) groups is 3. The van der Waals surface area contributed by atoms with Crippen molar-refractivity contribution in [1.82, 2.24) is 15.3 Å². The van der Waals surface area contributed by atoms with Crippen LogP contribution in [0.2, 0.25) is 0 Å². The minimum atomic E-state index is -1.08. The quantitative estimate of drug-likeness (QED) is 0.278. The third-order valence-corrected chi connectivity index (χ3v) is 5.28. The highest BCUT2D eigenvalue weighted by atomic mass is 16.7. The molecule has 0 spiro atoms. The highest BCUT2D eigenvalue weighted by Gasteiger charge is 2.47. The minimum absolute atomic E-state index is 0.108. The fourth-order valence-corrected chi connectivity index (χ4v) is 3.59. The average molecular weight is 441 g/mol. The summed E-state index contributed by atoms with van der Waals surface area (Å²) >= 11 is 0. The highest BCUT2D eigenvalue weighted by molar-refractivity contribution is 6.06. The van der Waals surface area contributed by atoms with Gasteiger partial charge in [0.05, 0.1) is 12.6 Å². The van der Waals surface area contributed by atoms with Crippen LogP contribution in [0.15, 0.2) is 42.5 Å². The van der Waals surface area contributed by atoms with Crippen molar-refractivity contribution in [2.75, 3.05) is 19.9 Å². The SMILES string of the molecule is CC1(C)NC(=O)N(C(COc2ccc(-c3ccc4c(c3)OCO4)cc2)CN(O)C=O)C1=O. The van der Waals surface area contributed by atoms with Gasteiger partial charge in [-0.2, -0.15) is 0 Å². The van der Waals surface area contributed by atoms with Crippen LogP contribution in [0.5, 0.6) is 17.2 Å². The number of hydrogen-bond donors (Lipinski definition) is 2. The van der Waals surface area contributed by atoms with Gasteiger partial charge in [-0.05, 0) is 49.2 Å². The third kappa shape index (κ3) is 4.17. The molecule has 168 valence electrons. The fraction of sp³-hybridized carbons (Fsp3) is 0.318.